The molecule has 2 aromatic rings. The van der Waals surface area contributed by atoms with E-state index in [0.717, 1.165) is 45.4 Å². The molecule has 1 amide bonds. The number of amides is 1. The number of pyridine rings is 1. The van der Waals surface area contributed by atoms with Crippen molar-refractivity contribution in [2.75, 3.05) is 19.6 Å². The van der Waals surface area contributed by atoms with Gasteiger partial charge in [-0.1, -0.05) is 30.3 Å². The average Bonchev–Trinajstić information content (AvgIpc) is 3.00. The molecule has 2 atom stereocenters. The van der Waals surface area contributed by atoms with Crippen LogP contribution in [0.15, 0.2) is 54.9 Å². The molecule has 3 fully saturated rings. The lowest BCUT2D eigenvalue weighted by Crippen LogP contribution is -2.47. The predicted molar refractivity (Wildman–Crippen MR) is 107 cm³/mol. The molecule has 27 heavy (non-hydrogen) atoms. The molecule has 3 saturated heterocycles. The Morgan fingerprint density at radius 2 is 1.78 bits per heavy atom. The van der Waals surface area contributed by atoms with Gasteiger partial charge in [0.1, 0.15) is 0 Å². The molecular formula is C23H29N3O. The first kappa shape index (κ1) is 18.2. The second-order valence-corrected chi connectivity index (χ2v) is 8.03. The number of benzene rings is 1. The average molecular weight is 364 g/mol. The van der Waals surface area contributed by atoms with Gasteiger partial charge in [-0.05, 0) is 54.9 Å². The van der Waals surface area contributed by atoms with Crippen molar-refractivity contribution in [3.63, 3.8) is 0 Å². The maximum Gasteiger partial charge on any atom is 0.222 e. The van der Waals surface area contributed by atoms with E-state index >= 15 is 0 Å². The second kappa shape index (κ2) is 8.66. The lowest BCUT2D eigenvalue weighted by atomic mass is 9.94. The number of fused-ring (bicyclic) bond motifs is 4. The van der Waals surface area contributed by atoms with Crippen molar-refractivity contribution in [3.8, 4) is 0 Å². The van der Waals surface area contributed by atoms with Crippen molar-refractivity contribution >= 4 is 5.91 Å². The Balaban J connectivity index is 1.32. The minimum atomic E-state index is 0.353. The summed E-state index contributed by atoms with van der Waals surface area (Å²) in [5.74, 6) is 0.968. The van der Waals surface area contributed by atoms with Crippen molar-refractivity contribution in [1.29, 1.82) is 0 Å². The highest BCUT2D eigenvalue weighted by Gasteiger charge is 2.36. The third-order valence-electron chi connectivity index (χ3n) is 5.96. The molecule has 3 aliphatic heterocycles. The number of hydrogen-bond acceptors (Lipinski definition) is 3. The Morgan fingerprint density at radius 3 is 2.59 bits per heavy atom. The maximum absolute atomic E-state index is 12.9. The number of hydrogen-bond donors (Lipinski definition) is 0. The summed E-state index contributed by atoms with van der Waals surface area (Å²) in [6, 6.07) is 15.1. The zero-order valence-electron chi connectivity index (χ0n) is 16.0. The molecule has 0 radical (unpaired) electrons. The Labute approximate surface area is 162 Å². The van der Waals surface area contributed by atoms with Crippen LogP contribution in [-0.4, -0.2) is 46.4 Å². The van der Waals surface area contributed by atoms with Gasteiger partial charge in [-0.2, -0.15) is 0 Å². The van der Waals surface area contributed by atoms with Gasteiger partial charge < -0.3 is 4.90 Å². The van der Waals surface area contributed by atoms with Crippen molar-refractivity contribution in [1.82, 2.24) is 14.8 Å². The number of aromatic nitrogens is 1. The summed E-state index contributed by atoms with van der Waals surface area (Å²) in [4.78, 5) is 21.7. The number of rotatable bonds is 6. The quantitative estimate of drug-likeness (QED) is 0.788. The van der Waals surface area contributed by atoms with Crippen LogP contribution in [0.5, 0.6) is 0 Å². The van der Waals surface area contributed by atoms with E-state index in [4.69, 9.17) is 0 Å². The third-order valence-corrected chi connectivity index (χ3v) is 5.96. The van der Waals surface area contributed by atoms with E-state index in [1.165, 1.54) is 17.5 Å². The summed E-state index contributed by atoms with van der Waals surface area (Å²) in [6.07, 6.45) is 8.74. The molecule has 1 aromatic carbocycles. The van der Waals surface area contributed by atoms with Gasteiger partial charge in [-0.15, -0.1) is 0 Å². The van der Waals surface area contributed by atoms with Crippen LogP contribution in [0.4, 0.5) is 0 Å². The third kappa shape index (κ3) is 4.75. The number of aryl methyl sites for hydroxylation is 1. The van der Waals surface area contributed by atoms with E-state index in [2.05, 4.69) is 51.2 Å². The summed E-state index contributed by atoms with van der Waals surface area (Å²) < 4.78 is 0. The van der Waals surface area contributed by atoms with Crippen LogP contribution in [0, 0.1) is 5.92 Å². The van der Waals surface area contributed by atoms with Gasteiger partial charge in [0, 0.05) is 51.0 Å². The fourth-order valence-corrected chi connectivity index (χ4v) is 4.59. The van der Waals surface area contributed by atoms with E-state index in [9.17, 15) is 4.79 Å². The highest BCUT2D eigenvalue weighted by molar-refractivity contribution is 5.76. The molecule has 0 aliphatic carbocycles. The van der Waals surface area contributed by atoms with Gasteiger partial charge in [0.25, 0.3) is 0 Å². The van der Waals surface area contributed by atoms with Gasteiger partial charge in [0.05, 0.1) is 0 Å². The first-order chi connectivity index (χ1) is 13.3. The summed E-state index contributed by atoms with van der Waals surface area (Å²) in [6.45, 7) is 4.02. The van der Waals surface area contributed by atoms with Gasteiger partial charge in [-0.25, -0.2) is 0 Å². The van der Waals surface area contributed by atoms with E-state index < -0.39 is 0 Å². The highest BCUT2D eigenvalue weighted by atomic mass is 16.2. The summed E-state index contributed by atoms with van der Waals surface area (Å²) in [7, 11) is 0. The van der Waals surface area contributed by atoms with E-state index in [1.807, 2.05) is 18.5 Å². The van der Waals surface area contributed by atoms with Gasteiger partial charge in [-0.3, -0.25) is 14.7 Å². The van der Waals surface area contributed by atoms with Crippen LogP contribution >= 0.6 is 0 Å². The summed E-state index contributed by atoms with van der Waals surface area (Å²) in [5.41, 5.74) is 2.64. The lowest BCUT2D eigenvalue weighted by Gasteiger charge is -2.36. The zero-order chi connectivity index (χ0) is 18.5. The topological polar surface area (TPSA) is 36.4 Å². The molecule has 4 heterocycles. The number of nitrogens with zero attached hydrogens (tertiary/aromatic N) is 3. The molecule has 0 saturated carbocycles. The van der Waals surface area contributed by atoms with E-state index in [1.54, 1.807) is 0 Å². The standard InChI is InChI=1S/C23H29N3O/c27-23(8-4-7-19-5-2-1-3-6-19)26-17-21-9-10-22(26)18-25(16-21)15-20-11-13-24-14-12-20/h1-3,5-6,11-14,21-22H,4,7-10,15-18H2/t21-,22+/m0/s1. The van der Waals surface area contributed by atoms with Crippen LogP contribution in [0.2, 0.25) is 0 Å². The number of carbonyl (C=O) groups excluding carboxylic acids is 1. The van der Waals surface area contributed by atoms with Crippen molar-refractivity contribution in [3.05, 3.63) is 66.0 Å². The Bertz CT molecular complexity index is 734. The zero-order valence-corrected chi connectivity index (χ0v) is 16.0. The smallest absolute Gasteiger partial charge is 0.222 e. The molecule has 2 bridgehead atoms. The molecule has 4 heteroatoms. The predicted octanol–water partition coefficient (Wildman–Crippen LogP) is 3.53. The summed E-state index contributed by atoms with van der Waals surface area (Å²) >= 11 is 0. The molecule has 3 aliphatic rings. The highest BCUT2D eigenvalue weighted by Crippen LogP contribution is 2.29. The molecule has 0 unspecified atom stereocenters. The maximum atomic E-state index is 12.9. The lowest BCUT2D eigenvalue weighted by molar-refractivity contribution is -0.135. The van der Waals surface area contributed by atoms with Gasteiger partial charge >= 0.3 is 0 Å². The molecule has 5 rings (SSSR count). The second-order valence-electron chi connectivity index (χ2n) is 8.03. The van der Waals surface area contributed by atoms with E-state index in [0.29, 0.717) is 24.3 Å². The molecule has 0 N–H and O–H groups in total. The fourth-order valence-electron chi connectivity index (χ4n) is 4.59. The normalized spacial score (nSPS) is 22.6. The minimum Gasteiger partial charge on any atom is -0.338 e. The SMILES string of the molecule is O=C(CCCc1ccccc1)N1C[C@H]2CC[C@@H]1CN(Cc1ccncc1)C2. The Kier molecular flexibility index (Phi) is 5.83. The van der Waals surface area contributed by atoms with Gasteiger partial charge in [0.2, 0.25) is 5.91 Å². The molecule has 1 aromatic heterocycles. The van der Waals surface area contributed by atoms with Crippen LogP contribution < -0.4 is 0 Å². The number of piperidine rings is 1. The Hall–Kier alpha value is -2.20. The first-order valence-electron chi connectivity index (χ1n) is 10.2. The largest absolute Gasteiger partial charge is 0.338 e. The summed E-state index contributed by atoms with van der Waals surface area (Å²) in [5, 5.41) is 0. The van der Waals surface area contributed by atoms with E-state index in [-0.39, 0.29) is 0 Å². The van der Waals surface area contributed by atoms with Gasteiger partial charge in [0.15, 0.2) is 0 Å². The van der Waals surface area contributed by atoms with Crippen molar-refractivity contribution < 1.29 is 4.79 Å². The van der Waals surface area contributed by atoms with Crippen LogP contribution in [-0.2, 0) is 17.8 Å². The fraction of sp³-hybridized carbons (Fsp3) is 0.478. The molecular weight excluding hydrogens is 334 g/mol. The Morgan fingerprint density at radius 1 is 0.963 bits per heavy atom. The minimum absolute atomic E-state index is 0.353. The first-order valence-corrected chi connectivity index (χ1v) is 10.2. The molecule has 4 nitrogen and oxygen atoms in total. The molecule has 142 valence electrons. The van der Waals surface area contributed by atoms with Crippen LogP contribution in [0.1, 0.15) is 36.8 Å². The molecule has 0 spiro atoms. The van der Waals surface area contributed by atoms with Crippen molar-refractivity contribution in [2.24, 2.45) is 5.92 Å². The van der Waals surface area contributed by atoms with Crippen LogP contribution in [0.3, 0.4) is 0 Å². The number of carbonyl (C=O) groups is 1. The van der Waals surface area contributed by atoms with Crippen molar-refractivity contribution in [2.45, 2.75) is 44.7 Å². The van der Waals surface area contributed by atoms with Crippen LogP contribution in [0.25, 0.3) is 0 Å². The monoisotopic (exact) mass is 363 g/mol.